The van der Waals surface area contributed by atoms with Crippen LogP contribution in [0.1, 0.15) is 36.0 Å². The lowest BCUT2D eigenvalue weighted by Gasteiger charge is -2.07. The molecule has 0 aromatic heterocycles. The number of nitrogens with two attached hydrogens (primary N) is 1. The predicted molar refractivity (Wildman–Crippen MR) is 78.6 cm³/mol. The molecular formula is C15H19N3O3. The van der Waals surface area contributed by atoms with Crippen molar-refractivity contribution < 1.29 is 14.4 Å². The van der Waals surface area contributed by atoms with Gasteiger partial charge in [0.15, 0.2) is 0 Å². The fourth-order valence-electron chi connectivity index (χ4n) is 1.86. The molecule has 0 bridgehead atoms. The highest BCUT2D eigenvalue weighted by Crippen LogP contribution is 2.30. The Balaban J connectivity index is 1.78. The van der Waals surface area contributed by atoms with Crippen LogP contribution >= 0.6 is 0 Å². The van der Waals surface area contributed by atoms with E-state index in [-0.39, 0.29) is 30.1 Å². The monoisotopic (exact) mass is 289 g/mol. The Bertz CT molecular complexity index is 536. The van der Waals surface area contributed by atoms with Crippen molar-refractivity contribution in [3.63, 3.8) is 0 Å². The third kappa shape index (κ3) is 4.91. The first-order valence-corrected chi connectivity index (χ1v) is 7.03. The van der Waals surface area contributed by atoms with Gasteiger partial charge in [-0.2, -0.15) is 0 Å². The molecule has 1 saturated carbocycles. The lowest BCUT2D eigenvalue weighted by molar-refractivity contribution is -0.118. The predicted octanol–water partition coefficient (Wildman–Crippen LogP) is 1.03. The Labute approximate surface area is 123 Å². The molecule has 0 heterocycles. The first kappa shape index (κ1) is 15.0. The van der Waals surface area contributed by atoms with E-state index in [1.165, 1.54) is 0 Å². The zero-order valence-electron chi connectivity index (χ0n) is 11.7. The number of nitrogens with one attached hydrogen (secondary N) is 2. The zero-order valence-corrected chi connectivity index (χ0v) is 11.7. The molecule has 0 atom stereocenters. The van der Waals surface area contributed by atoms with Crippen LogP contribution in [-0.2, 0) is 9.59 Å². The Kier molecular flexibility index (Phi) is 4.92. The van der Waals surface area contributed by atoms with Crippen molar-refractivity contribution in [1.29, 1.82) is 0 Å². The highest BCUT2D eigenvalue weighted by Gasteiger charge is 2.29. The maximum absolute atomic E-state index is 11.8. The molecule has 1 aliphatic rings. The largest absolute Gasteiger partial charge is 0.370 e. The molecule has 0 radical (unpaired) electrons. The van der Waals surface area contributed by atoms with Gasteiger partial charge in [-0.3, -0.25) is 14.4 Å². The topological polar surface area (TPSA) is 101 Å². The number of carbonyl (C=O) groups excluding carboxylic acids is 3. The van der Waals surface area contributed by atoms with E-state index < -0.39 is 0 Å². The summed E-state index contributed by atoms with van der Waals surface area (Å²) in [6, 6.07) is 6.73. The van der Waals surface area contributed by atoms with Crippen molar-refractivity contribution in [2.24, 2.45) is 11.7 Å². The average Bonchev–Trinajstić information content (AvgIpc) is 3.28. The molecule has 1 aliphatic carbocycles. The van der Waals surface area contributed by atoms with Gasteiger partial charge in [0.05, 0.1) is 0 Å². The van der Waals surface area contributed by atoms with E-state index in [0.29, 0.717) is 24.2 Å². The lowest BCUT2D eigenvalue weighted by Crippen LogP contribution is -2.25. The van der Waals surface area contributed by atoms with Crippen LogP contribution in [-0.4, -0.2) is 24.3 Å². The van der Waals surface area contributed by atoms with Crippen LogP contribution in [0.3, 0.4) is 0 Å². The van der Waals surface area contributed by atoms with Crippen LogP contribution in [0, 0.1) is 5.92 Å². The molecule has 112 valence electrons. The standard InChI is InChI=1S/C15H19N3O3/c16-13(19)2-1-9-17-14(20)10-5-7-12(8-6-10)18-15(21)11-3-4-11/h5-8,11H,1-4,9H2,(H2,16,19)(H,17,20)(H,18,21). The minimum atomic E-state index is -0.375. The summed E-state index contributed by atoms with van der Waals surface area (Å²) >= 11 is 0. The Hall–Kier alpha value is -2.37. The Morgan fingerprint density at radius 1 is 1.14 bits per heavy atom. The van der Waals surface area contributed by atoms with Gasteiger partial charge in [0.2, 0.25) is 11.8 Å². The molecule has 6 heteroatoms. The molecule has 1 aromatic carbocycles. The number of rotatable bonds is 7. The van der Waals surface area contributed by atoms with Crippen LogP contribution in [0.5, 0.6) is 0 Å². The molecule has 0 unspecified atom stereocenters. The van der Waals surface area contributed by atoms with Crippen LogP contribution in [0.25, 0.3) is 0 Å². The molecule has 0 saturated heterocycles. The number of carbonyl (C=O) groups is 3. The lowest BCUT2D eigenvalue weighted by atomic mass is 10.2. The van der Waals surface area contributed by atoms with Crippen LogP contribution in [0.15, 0.2) is 24.3 Å². The van der Waals surface area contributed by atoms with Gasteiger partial charge in [-0.25, -0.2) is 0 Å². The second kappa shape index (κ2) is 6.88. The average molecular weight is 289 g/mol. The van der Waals surface area contributed by atoms with E-state index >= 15 is 0 Å². The normalized spacial score (nSPS) is 13.5. The Morgan fingerprint density at radius 3 is 2.38 bits per heavy atom. The van der Waals surface area contributed by atoms with Crippen molar-refractivity contribution in [1.82, 2.24) is 5.32 Å². The molecule has 0 spiro atoms. The number of hydrogen-bond donors (Lipinski definition) is 3. The number of amides is 3. The van der Waals surface area contributed by atoms with E-state index in [2.05, 4.69) is 10.6 Å². The molecule has 6 nitrogen and oxygen atoms in total. The highest BCUT2D eigenvalue weighted by molar-refractivity contribution is 5.96. The molecular weight excluding hydrogens is 270 g/mol. The highest BCUT2D eigenvalue weighted by atomic mass is 16.2. The SMILES string of the molecule is NC(=O)CCCNC(=O)c1ccc(NC(=O)C2CC2)cc1. The van der Waals surface area contributed by atoms with Gasteiger partial charge in [0, 0.05) is 30.1 Å². The molecule has 2 rings (SSSR count). The summed E-state index contributed by atoms with van der Waals surface area (Å²) in [5, 5.41) is 5.52. The molecule has 3 amide bonds. The first-order chi connectivity index (χ1) is 10.1. The maximum atomic E-state index is 11.8. The summed E-state index contributed by atoms with van der Waals surface area (Å²) in [6.07, 6.45) is 2.69. The minimum Gasteiger partial charge on any atom is -0.370 e. The molecule has 1 fully saturated rings. The number of benzene rings is 1. The summed E-state index contributed by atoms with van der Waals surface area (Å²) in [5.74, 6) is -0.392. The summed E-state index contributed by atoms with van der Waals surface area (Å²) in [5.41, 5.74) is 6.22. The third-order valence-electron chi connectivity index (χ3n) is 3.25. The van der Waals surface area contributed by atoms with E-state index in [1.54, 1.807) is 24.3 Å². The minimum absolute atomic E-state index is 0.0404. The van der Waals surface area contributed by atoms with Gasteiger partial charge < -0.3 is 16.4 Å². The summed E-state index contributed by atoms with van der Waals surface area (Å²) < 4.78 is 0. The maximum Gasteiger partial charge on any atom is 0.251 e. The van der Waals surface area contributed by atoms with Gasteiger partial charge >= 0.3 is 0 Å². The number of hydrogen-bond acceptors (Lipinski definition) is 3. The smallest absolute Gasteiger partial charge is 0.251 e. The third-order valence-corrected chi connectivity index (χ3v) is 3.25. The van der Waals surface area contributed by atoms with E-state index in [9.17, 15) is 14.4 Å². The number of anilines is 1. The van der Waals surface area contributed by atoms with Gasteiger partial charge in [-0.15, -0.1) is 0 Å². The van der Waals surface area contributed by atoms with E-state index in [0.717, 1.165) is 12.8 Å². The van der Waals surface area contributed by atoms with Crippen molar-refractivity contribution in [2.75, 3.05) is 11.9 Å². The van der Waals surface area contributed by atoms with Crippen molar-refractivity contribution in [3.8, 4) is 0 Å². The quantitative estimate of drug-likeness (QED) is 0.653. The van der Waals surface area contributed by atoms with Crippen molar-refractivity contribution in [2.45, 2.75) is 25.7 Å². The van der Waals surface area contributed by atoms with Crippen LogP contribution in [0.4, 0.5) is 5.69 Å². The summed E-state index contributed by atoms with van der Waals surface area (Å²) in [6.45, 7) is 0.405. The van der Waals surface area contributed by atoms with Gasteiger partial charge in [0.1, 0.15) is 0 Å². The second-order valence-corrected chi connectivity index (χ2v) is 5.17. The fraction of sp³-hybridized carbons (Fsp3) is 0.400. The molecule has 21 heavy (non-hydrogen) atoms. The van der Waals surface area contributed by atoms with Crippen LogP contribution in [0.2, 0.25) is 0 Å². The Morgan fingerprint density at radius 2 is 1.81 bits per heavy atom. The van der Waals surface area contributed by atoms with Gasteiger partial charge in [0.25, 0.3) is 5.91 Å². The van der Waals surface area contributed by atoms with E-state index in [4.69, 9.17) is 5.73 Å². The molecule has 1 aromatic rings. The zero-order chi connectivity index (χ0) is 15.2. The van der Waals surface area contributed by atoms with Gasteiger partial charge in [-0.05, 0) is 43.5 Å². The molecule has 0 aliphatic heterocycles. The summed E-state index contributed by atoms with van der Waals surface area (Å²) in [4.78, 5) is 34.0. The van der Waals surface area contributed by atoms with E-state index in [1.807, 2.05) is 0 Å². The van der Waals surface area contributed by atoms with Crippen LogP contribution < -0.4 is 16.4 Å². The van der Waals surface area contributed by atoms with Crippen molar-refractivity contribution in [3.05, 3.63) is 29.8 Å². The number of primary amides is 1. The summed E-state index contributed by atoms with van der Waals surface area (Å²) in [7, 11) is 0. The molecule has 4 N–H and O–H groups in total. The fourth-order valence-corrected chi connectivity index (χ4v) is 1.86. The van der Waals surface area contributed by atoms with Crippen molar-refractivity contribution >= 4 is 23.4 Å². The van der Waals surface area contributed by atoms with Gasteiger partial charge in [-0.1, -0.05) is 0 Å². The first-order valence-electron chi connectivity index (χ1n) is 7.03. The second-order valence-electron chi connectivity index (χ2n) is 5.17.